The van der Waals surface area contributed by atoms with Crippen molar-refractivity contribution >= 4 is 13.2 Å². The first-order valence-corrected chi connectivity index (χ1v) is 9.08. The summed E-state index contributed by atoms with van der Waals surface area (Å²) in [5.74, 6) is 3.02. The van der Waals surface area contributed by atoms with Crippen LogP contribution in [0.15, 0.2) is 24.3 Å². The number of ether oxygens (including phenoxy) is 1. The van der Waals surface area contributed by atoms with E-state index in [-0.39, 0.29) is 7.92 Å². The highest BCUT2D eigenvalue weighted by molar-refractivity contribution is 7.68. The molecule has 6 atom stereocenters. The SMILES string of the molecule is COc1ccccc1P1C2CC3(CCC2C)C(C)C13. The van der Waals surface area contributed by atoms with E-state index in [1.807, 2.05) is 7.11 Å². The molecule has 0 radical (unpaired) electrons. The lowest BCUT2D eigenvalue weighted by Gasteiger charge is -2.35. The van der Waals surface area contributed by atoms with Crippen LogP contribution in [-0.2, 0) is 0 Å². The molecule has 1 aromatic carbocycles. The molecule has 0 aromatic heterocycles. The standard InChI is InChI=1S/C17H23OP/c1-11-8-9-17-10-15(11)19(16(17)12(17)2)14-7-5-4-6-13(14)18-3/h4-7,11-12,15-16H,8-10H2,1-3H3. The molecule has 3 fully saturated rings. The Kier molecular flexibility index (Phi) is 2.56. The van der Waals surface area contributed by atoms with Crippen molar-refractivity contribution in [2.45, 2.75) is 44.4 Å². The normalized spacial score (nSPS) is 46.8. The molecule has 2 aliphatic carbocycles. The Hall–Kier alpha value is -0.550. The van der Waals surface area contributed by atoms with E-state index >= 15 is 0 Å². The molecule has 1 aromatic rings. The minimum atomic E-state index is -0.00733. The van der Waals surface area contributed by atoms with Crippen LogP contribution in [0, 0.1) is 17.3 Å². The van der Waals surface area contributed by atoms with Gasteiger partial charge in [0, 0.05) is 5.30 Å². The van der Waals surface area contributed by atoms with Crippen LogP contribution in [0.3, 0.4) is 0 Å². The first-order valence-electron chi connectivity index (χ1n) is 7.60. The van der Waals surface area contributed by atoms with Gasteiger partial charge >= 0.3 is 0 Å². The van der Waals surface area contributed by atoms with E-state index in [1.54, 1.807) is 5.30 Å². The third-order valence-electron chi connectivity index (χ3n) is 6.19. The summed E-state index contributed by atoms with van der Waals surface area (Å²) in [4.78, 5) is 0. The average Bonchev–Trinajstić information content (AvgIpc) is 2.87. The zero-order valence-corrected chi connectivity index (χ0v) is 13.0. The molecule has 19 heavy (non-hydrogen) atoms. The van der Waals surface area contributed by atoms with Crippen LogP contribution in [-0.4, -0.2) is 18.4 Å². The van der Waals surface area contributed by atoms with Gasteiger partial charge in [-0.15, -0.1) is 0 Å². The fraction of sp³-hybridized carbons (Fsp3) is 0.647. The molecule has 6 unspecified atom stereocenters. The maximum absolute atomic E-state index is 5.66. The van der Waals surface area contributed by atoms with Gasteiger partial charge in [-0.3, -0.25) is 0 Å². The summed E-state index contributed by atoms with van der Waals surface area (Å²) in [5.41, 5.74) is 2.69. The monoisotopic (exact) mass is 274 g/mol. The van der Waals surface area contributed by atoms with E-state index in [0.717, 1.165) is 34.3 Å². The number of hydrogen-bond donors (Lipinski definition) is 0. The fourth-order valence-electron chi connectivity index (χ4n) is 5.00. The molecule has 0 amide bonds. The molecule has 3 aliphatic rings. The third-order valence-corrected chi connectivity index (χ3v) is 10.1. The van der Waals surface area contributed by atoms with Crippen LogP contribution < -0.4 is 10.0 Å². The molecular formula is C17H23OP. The minimum Gasteiger partial charge on any atom is -0.496 e. The van der Waals surface area contributed by atoms with E-state index in [2.05, 4.69) is 38.1 Å². The quantitative estimate of drug-likeness (QED) is 0.740. The molecule has 1 spiro atoms. The average molecular weight is 274 g/mol. The molecule has 1 heterocycles. The summed E-state index contributed by atoms with van der Waals surface area (Å²) in [6.45, 7) is 4.99. The number of fused-ring (bicyclic) bond motifs is 1. The van der Waals surface area contributed by atoms with Crippen LogP contribution in [0.25, 0.3) is 0 Å². The van der Waals surface area contributed by atoms with Crippen LogP contribution >= 0.6 is 7.92 Å². The highest BCUT2D eigenvalue weighted by atomic mass is 31.1. The van der Waals surface area contributed by atoms with Crippen molar-refractivity contribution in [1.82, 2.24) is 0 Å². The number of benzene rings is 1. The fourth-order valence-corrected chi connectivity index (χ4v) is 9.70. The Morgan fingerprint density at radius 1 is 1.26 bits per heavy atom. The van der Waals surface area contributed by atoms with E-state index in [4.69, 9.17) is 4.74 Å². The van der Waals surface area contributed by atoms with E-state index in [1.165, 1.54) is 19.3 Å². The van der Waals surface area contributed by atoms with Gasteiger partial charge in [0.15, 0.2) is 0 Å². The summed E-state index contributed by atoms with van der Waals surface area (Å²) in [5, 5.41) is 1.55. The van der Waals surface area contributed by atoms with Crippen molar-refractivity contribution in [3.8, 4) is 5.75 Å². The van der Waals surface area contributed by atoms with Crippen LogP contribution in [0.5, 0.6) is 5.75 Å². The minimum absolute atomic E-state index is 0.00733. The van der Waals surface area contributed by atoms with Crippen molar-refractivity contribution in [2.24, 2.45) is 17.3 Å². The Morgan fingerprint density at radius 2 is 2.05 bits per heavy atom. The molecule has 0 N–H and O–H groups in total. The topological polar surface area (TPSA) is 9.23 Å². The largest absolute Gasteiger partial charge is 0.496 e. The second-order valence-corrected chi connectivity index (χ2v) is 9.35. The molecule has 1 saturated heterocycles. The number of methoxy groups -OCH3 is 1. The van der Waals surface area contributed by atoms with Crippen molar-refractivity contribution in [3.63, 3.8) is 0 Å². The highest BCUT2D eigenvalue weighted by Gasteiger charge is 2.72. The first kappa shape index (κ1) is 12.2. The zero-order chi connectivity index (χ0) is 13.2. The lowest BCUT2D eigenvalue weighted by molar-refractivity contribution is 0.275. The Balaban J connectivity index is 1.78. The Labute approximate surface area is 117 Å². The van der Waals surface area contributed by atoms with Gasteiger partial charge in [0.25, 0.3) is 0 Å². The van der Waals surface area contributed by atoms with Crippen molar-refractivity contribution < 1.29 is 4.74 Å². The van der Waals surface area contributed by atoms with E-state index in [0.29, 0.717) is 0 Å². The van der Waals surface area contributed by atoms with Gasteiger partial charge in [-0.2, -0.15) is 0 Å². The van der Waals surface area contributed by atoms with Gasteiger partial charge in [0.2, 0.25) is 0 Å². The first-order chi connectivity index (χ1) is 9.19. The summed E-state index contributed by atoms with van der Waals surface area (Å²) < 4.78 is 5.66. The lowest BCUT2D eigenvalue weighted by Crippen LogP contribution is -2.26. The molecule has 2 heteroatoms. The summed E-state index contributed by atoms with van der Waals surface area (Å²) in [7, 11) is 1.82. The number of hydrogen-bond acceptors (Lipinski definition) is 1. The molecule has 1 nitrogen and oxygen atoms in total. The molecular weight excluding hydrogens is 251 g/mol. The van der Waals surface area contributed by atoms with E-state index < -0.39 is 0 Å². The molecule has 2 saturated carbocycles. The van der Waals surface area contributed by atoms with Gasteiger partial charge in [0.05, 0.1) is 7.11 Å². The maximum Gasteiger partial charge on any atom is 0.126 e. The zero-order valence-electron chi connectivity index (χ0n) is 12.1. The number of para-hydroxylation sites is 1. The summed E-state index contributed by atoms with van der Waals surface area (Å²) >= 11 is 0. The second-order valence-electron chi connectivity index (χ2n) is 6.83. The van der Waals surface area contributed by atoms with Gasteiger partial charge in [-0.1, -0.05) is 40.0 Å². The Morgan fingerprint density at radius 3 is 2.84 bits per heavy atom. The molecule has 2 bridgehead atoms. The lowest BCUT2D eigenvalue weighted by atomic mass is 9.79. The van der Waals surface area contributed by atoms with Gasteiger partial charge in [0.1, 0.15) is 5.75 Å². The van der Waals surface area contributed by atoms with Gasteiger partial charge in [-0.25, -0.2) is 0 Å². The summed E-state index contributed by atoms with van der Waals surface area (Å²) in [6.07, 6.45) is 4.45. The van der Waals surface area contributed by atoms with E-state index in [9.17, 15) is 0 Å². The van der Waals surface area contributed by atoms with Crippen molar-refractivity contribution in [3.05, 3.63) is 24.3 Å². The Bertz CT molecular complexity index is 508. The van der Waals surface area contributed by atoms with Crippen LogP contribution in [0.1, 0.15) is 33.1 Å². The maximum atomic E-state index is 5.66. The molecule has 4 rings (SSSR count). The van der Waals surface area contributed by atoms with Crippen molar-refractivity contribution in [1.29, 1.82) is 0 Å². The smallest absolute Gasteiger partial charge is 0.126 e. The van der Waals surface area contributed by atoms with Crippen LogP contribution in [0.4, 0.5) is 0 Å². The molecule has 102 valence electrons. The molecule has 1 aliphatic heterocycles. The van der Waals surface area contributed by atoms with Crippen molar-refractivity contribution in [2.75, 3.05) is 7.11 Å². The summed E-state index contributed by atoms with van der Waals surface area (Å²) in [6, 6.07) is 8.81. The number of rotatable bonds is 2. The predicted octanol–water partition coefficient (Wildman–Crippen LogP) is 4.01. The predicted molar refractivity (Wildman–Crippen MR) is 81.7 cm³/mol. The van der Waals surface area contributed by atoms with Gasteiger partial charge in [-0.05, 0) is 53.9 Å². The highest BCUT2D eigenvalue weighted by Crippen LogP contribution is 2.83. The van der Waals surface area contributed by atoms with Gasteiger partial charge < -0.3 is 4.74 Å². The second kappa shape index (κ2) is 3.98. The third kappa shape index (κ3) is 1.46. The van der Waals surface area contributed by atoms with Crippen LogP contribution in [0.2, 0.25) is 0 Å².